The van der Waals surface area contributed by atoms with Gasteiger partial charge in [0.25, 0.3) is 0 Å². The molecule has 11 heteroatoms. The van der Waals surface area contributed by atoms with E-state index in [0.29, 0.717) is 59.4 Å². The number of aryl methyl sites for hydroxylation is 1. The number of halogens is 1. The summed E-state index contributed by atoms with van der Waals surface area (Å²) in [7, 11) is 1.52. The van der Waals surface area contributed by atoms with Gasteiger partial charge < -0.3 is 15.2 Å². The lowest BCUT2D eigenvalue weighted by molar-refractivity contribution is -0.149. The highest BCUT2D eigenvalue weighted by atomic mass is 19.1. The van der Waals surface area contributed by atoms with Crippen LogP contribution in [0.15, 0.2) is 41.4 Å². The van der Waals surface area contributed by atoms with Crippen molar-refractivity contribution in [3.8, 4) is 17.1 Å². The summed E-state index contributed by atoms with van der Waals surface area (Å²) in [6.07, 6.45) is 0.0668. The van der Waals surface area contributed by atoms with Crippen LogP contribution in [0.5, 0.6) is 5.88 Å². The molecule has 2 aromatic heterocycles. The van der Waals surface area contributed by atoms with Gasteiger partial charge in [-0.1, -0.05) is 12.1 Å². The Morgan fingerprint density at radius 3 is 2.83 bits per heavy atom. The maximum absolute atomic E-state index is 14.3. The van der Waals surface area contributed by atoms with Crippen molar-refractivity contribution in [2.24, 2.45) is 4.99 Å². The Kier molecular flexibility index (Phi) is 6.00. The zero-order chi connectivity index (χ0) is 24.5. The van der Waals surface area contributed by atoms with Crippen molar-refractivity contribution in [2.75, 3.05) is 19.5 Å². The average Bonchev–Trinajstić information content (AvgIpc) is 3.26. The third-order valence-corrected chi connectivity index (χ3v) is 5.86. The number of nitrogens with one attached hydrogen (secondary N) is 1. The molecule has 0 bridgehead atoms. The van der Waals surface area contributed by atoms with E-state index in [1.807, 2.05) is 0 Å². The summed E-state index contributed by atoms with van der Waals surface area (Å²) in [5.41, 5.74) is 12.5. The van der Waals surface area contributed by atoms with Gasteiger partial charge in [0.1, 0.15) is 5.82 Å². The van der Waals surface area contributed by atoms with Crippen LogP contribution in [0.3, 0.4) is 0 Å². The zero-order valence-electron chi connectivity index (χ0n) is 19.1. The van der Waals surface area contributed by atoms with E-state index in [9.17, 15) is 9.18 Å². The van der Waals surface area contributed by atoms with E-state index >= 15 is 0 Å². The molecule has 3 N–H and O–H groups in total. The maximum Gasteiger partial charge on any atom is 0.338 e. The minimum Gasteiger partial charge on any atom is -0.481 e. The monoisotopic (exact) mass is 478 g/mol. The highest BCUT2D eigenvalue weighted by Gasteiger charge is 2.32. The number of benzene rings is 1. The third-order valence-electron chi connectivity index (χ3n) is 5.86. The number of nitrogens with zero attached hydrogens (tertiary/aromatic N) is 4. The van der Waals surface area contributed by atoms with E-state index in [4.69, 9.17) is 25.0 Å². The minimum atomic E-state index is -0.751. The van der Waals surface area contributed by atoms with Crippen molar-refractivity contribution >= 4 is 17.8 Å². The summed E-state index contributed by atoms with van der Waals surface area (Å²) < 4.78 is 24.5. The van der Waals surface area contributed by atoms with Gasteiger partial charge in [0, 0.05) is 24.5 Å². The number of hydrogen-bond acceptors (Lipinski definition) is 10. The average molecular weight is 478 g/mol. The van der Waals surface area contributed by atoms with E-state index < -0.39 is 23.9 Å². The van der Waals surface area contributed by atoms with Crippen molar-refractivity contribution in [1.82, 2.24) is 20.4 Å². The number of aliphatic imine (C=N–C) groups is 1. The fourth-order valence-corrected chi connectivity index (χ4v) is 4.25. The van der Waals surface area contributed by atoms with Gasteiger partial charge in [0.2, 0.25) is 11.8 Å². The lowest BCUT2D eigenvalue weighted by Gasteiger charge is -2.26. The fraction of sp³-hybridized carbons (Fsp3) is 0.292. The first-order valence-electron chi connectivity index (χ1n) is 11.0. The number of pyridine rings is 1. The van der Waals surface area contributed by atoms with Crippen LogP contribution < -0.4 is 16.0 Å². The van der Waals surface area contributed by atoms with Crippen molar-refractivity contribution in [2.45, 2.75) is 31.9 Å². The molecule has 35 heavy (non-hydrogen) atoms. The summed E-state index contributed by atoms with van der Waals surface area (Å²) in [6, 6.07) is 9.28. The number of fused-ring (bicyclic) bond motifs is 1. The first-order chi connectivity index (χ1) is 16.9. The van der Waals surface area contributed by atoms with E-state index in [-0.39, 0.29) is 5.95 Å². The predicted octanol–water partition coefficient (Wildman–Crippen LogP) is 2.46. The number of nitrogen functional groups attached to an aromatic ring is 1. The number of ether oxygens (including phenoxy) is 2. The molecule has 10 nitrogen and oxygen atoms in total. The van der Waals surface area contributed by atoms with Crippen molar-refractivity contribution in [1.29, 1.82) is 0 Å². The summed E-state index contributed by atoms with van der Waals surface area (Å²) in [4.78, 5) is 35.5. The number of rotatable bonds is 5. The summed E-state index contributed by atoms with van der Waals surface area (Å²) in [5, 5.41) is 0. The smallest absolute Gasteiger partial charge is 0.338 e. The number of aromatic nitrogens is 3. The van der Waals surface area contributed by atoms with E-state index in [0.717, 1.165) is 5.56 Å². The highest BCUT2D eigenvalue weighted by molar-refractivity contribution is 6.01. The molecule has 180 valence electrons. The second-order valence-electron chi connectivity index (χ2n) is 8.15. The number of hydrogen-bond donors (Lipinski definition) is 2. The Hall–Kier alpha value is -4.12. The van der Waals surface area contributed by atoms with Crippen LogP contribution in [0.2, 0.25) is 0 Å². The molecule has 0 amide bonds. The predicted molar refractivity (Wildman–Crippen MR) is 124 cm³/mol. The number of carbonyl (C=O) groups excluding carboxylic acids is 1. The molecule has 1 saturated heterocycles. The lowest BCUT2D eigenvalue weighted by Crippen LogP contribution is -2.36. The van der Waals surface area contributed by atoms with Crippen LogP contribution in [0.4, 0.5) is 10.3 Å². The molecule has 0 spiro atoms. The summed E-state index contributed by atoms with van der Waals surface area (Å²) >= 11 is 0. The Labute approximate surface area is 200 Å². The zero-order valence-corrected chi connectivity index (χ0v) is 19.1. The largest absolute Gasteiger partial charge is 0.481 e. The number of cyclic esters (lactones) is 1. The van der Waals surface area contributed by atoms with Gasteiger partial charge in [-0.3, -0.25) is 9.83 Å². The molecule has 2 aliphatic rings. The number of hydroxylamine groups is 1. The van der Waals surface area contributed by atoms with Crippen molar-refractivity contribution in [3.63, 3.8) is 0 Å². The second-order valence-corrected chi connectivity index (χ2v) is 8.15. The molecule has 0 saturated carbocycles. The van der Waals surface area contributed by atoms with E-state index in [1.165, 1.54) is 19.2 Å². The number of anilines is 1. The molecule has 1 unspecified atom stereocenters. The van der Waals surface area contributed by atoms with Crippen LogP contribution in [0, 0.1) is 12.7 Å². The lowest BCUT2D eigenvalue weighted by atomic mass is 9.91. The summed E-state index contributed by atoms with van der Waals surface area (Å²) in [5.74, 6) is 0.0430. The number of nitrogens with two attached hydrogens (primary N) is 1. The topological polar surface area (TPSA) is 134 Å². The van der Waals surface area contributed by atoms with Gasteiger partial charge in [-0.05, 0) is 30.7 Å². The van der Waals surface area contributed by atoms with Gasteiger partial charge >= 0.3 is 5.97 Å². The Morgan fingerprint density at radius 1 is 1.20 bits per heavy atom. The summed E-state index contributed by atoms with van der Waals surface area (Å²) in [6.45, 7) is 2.09. The Balaban J connectivity index is 1.57. The molecule has 4 heterocycles. The maximum atomic E-state index is 14.3. The van der Waals surface area contributed by atoms with Gasteiger partial charge in [-0.15, -0.1) is 0 Å². The van der Waals surface area contributed by atoms with Gasteiger partial charge in [0.05, 0.1) is 42.4 Å². The number of carbonyl (C=O) groups is 1. The molecule has 1 aromatic carbocycles. The van der Waals surface area contributed by atoms with Crippen LogP contribution in [0.25, 0.3) is 11.3 Å². The van der Waals surface area contributed by atoms with E-state index in [1.54, 1.807) is 31.2 Å². The standard InChI is InChI=1S/C24H23FN6O4/c1-12-21-18(30-24(26)27-12)11-17(29-22(21)31-35-19-8-9-34-23(19)32)14-7-6-13(25)10-15(14)16-4-3-5-20(28-16)33-2/h3-7,10,17,19H,8-9,11H2,1-2H3,(H,29,31)(H2,26,27,30)/t17-,19?/m1/s1. The van der Waals surface area contributed by atoms with Gasteiger partial charge in [0.15, 0.2) is 11.9 Å². The van der Waals surface area contributed by atoms with Crippen LogP contribution in [-0.2, 0) is 20.8 Å². The van der Waals surface area contributed by atoms with Crippen LogP contribution in [-0.4, -0.2) is 46.6 Å². The molecule has 2 aliphatic heterocycles. The van der Waals surface area contributed by atoms with Crippen LogP contribution in [0.1, 0.15) is 35.0 Å². The SMILES string of the molecule is COc1cccc(-c2cc(F)ccc2[C@H]2Cc3nc(N)nc(C)c3C(NOC3CCOC3=O)=N2)n1. The molecule has 3 aromatic rings. The number of methoxy groups -OCH3 is 1. The molecule has 0 radical (unpaired) electrons. The Bertz CT molecular complexity index is 1330. The molecule has 1 fully saturated rings. The molecule has 2 atom stereocenters. The van der Waals surface area contributed by atoms with Crippen molar-refractivity contribution < 1.29 is 23.5 Å². The van der Waals surface area contributed by atoms with Gasteiger partial charge in [-0.25, -0.2) is 29.6 Å². The third kappa shape index (κ3) is 4.50. The van der Waals surface area contributed by atoms with Crippen LogP contribution >= 0.6 is 0 Å². The molecule has 0 aliphatic carbocycles. The first kappa shape index (κ1) is 22.7. The van der Waals surface area contributed by atoms with Gasteiger partial charge in [-0.2, -0.15) is 0 Å². The quantitative estimate of drug-likeness (QED) is 0.419. The Morgan fingerprint density at radius 2 is 2.06 bits per heavy atom. The molecular formula is C24H23FN6O4. The van der Waals surface area contributed by atoms with E-state index in [2.05, 4.69) is 20.4 Å². The number of esters is 1. The second kappa shape index (κ2) is 9.26. The normalized spacial score (nSPS) is 19.1. The first-order valence-corrected chi connectivity index (χ1v) is 11.0. The highest BCUT2D eigenvalue weighted by Crippen LogP contribution is 2.36. The number of amidine groups is 1. The molecular weight excluding hydrogens is 455 g/mol. The molecule has 5 rings (SSSR count). The minimum absolute atomic E-state index is 0.135. The fourth-order valence-electron chi connectivity index (χ4n) is 4.25. The van der Waals surface area contributed by atoms with Crippen molar-refractivity contribution in [3.05, 3.63) is 64.7 Å².